The monoisotopic (exact) mass is 359 g/mol. The van der Waals surface area contributed by atoms with E-state index in [0.29, 0.717) is 19.1 Å². The van der Waals surface area contributed by atoms with Crippen LogP contribution in [0.15, 0.2) is 30.3 Å². The SMILES string of the molecule is CC(C)c1ccc(/C=C/CC(=O)NCC(C(=O)O)C2CCOCC2)cc1. The van der Waals surface area contributed by atoms with E-state index in [1.807, 2.05) is 24.3 Å². The van der Waals surface area contributed by atoms with Crippen LogP contribution in [0.2, 0.25) is 0 Å². The quantitative estimate of drug-likeness (QED) is 0.745. The lowest BCUT2D eigenvalue weighted by molar-refractivity contribution is -0.144. The van der Waals surface area contributed by atoms with Gasteiger partial charge in [0, 0.05) is 26.2 Å². The summed E-state index contributed by atoms with van der Waals surface area (Å²) >= 11 is 0. The fraction of sp³-hybridized carbons (Fsp3) is 0.524. The summed E-state index contributed by atoms with van der Waals surface area (Å²) in [4.78, 5) is 23.5. The van der Waals surface area contributed by atoms with Crippen molar-refractivity contribution in [1.82, 2.24) is 5.32 Å². The van der Waals surface area contributed by atoms with Gasteiger partial charge < -0.3 is 15.2 Å². The minimum Gasteiger partial charge on any atom is -0.481 e. The van der Waals surface area contributed by atoms with Crippen LogP contribution < -0.4 is 5.32 Å². The molecule has 1 aromatic rings. The molecule has 0 radical (unpaired) electrons. The number of ether oxygens (including phenoxy) is 1. The molecule has 5 nitrogen and oxygen atoms in total. The molecule has 0 bridgehead atoms. The molecule has 0 aromatic heterocycles. The Balaban J connectivity index is 1.79. The molecule has 1 amide bonds. The van der Waals surface area contributed by atoms with E-state index in [1.54, 1.807) is 0 Å². The van der Waals surface area contributed by atoms with E-state index in [0.717, 1.165) is 18.4 Å². The van der Waals surface area contributed by atoms with Crippen molar-refractivity contribution in [2.24, 2.45) is 11.8 Å². The van der Waals surface area contributed by atoms with Crippen molar-refractivity contribution < 1.29 is 19.4 Å². The number of carbonyl (C=O) groups is 2. The van der Waals surface area contributed by atoms with E-state index in [1.165, 1.54) is 5.56 Å². The van der Waals surface area contributed by atoms with E-state index in [4.69, 9.17) is 4.74 Å². The Labute approximate surface area is 155 Å². The van der Waals surface area contributed by atoms with Crippen molar-refractivity contribution in [3.05, 3.63) is 41.5 Å². The second-order valence-electron chi connectivity index (χ2n) is 7.13. The zero-order valence-electron chi connectivity index (χ0n) is 15.6. The van der Waals surface area contributed by atoms with Crippen LogP contribution in [0, 0.1) is 11.8 Å². The molecule has 1 atom stereocenters. The lowest BCUT2D eigenvalue weighted by Gasteiger charge is -2.27. The van der Waals surface area contributed by atoms with Crippen molar-refractivity contribution in [3.63, 3.8) is 0 Å². The van der Waals surface area contributed by atoms with Gasteiger partial charge in [0.05, 0.1) is 5.92 Å². The summed E-state index contributed by atoms with van der Waals surface area (Å²) in [7, 11) is 0. The molecule has 1 fully saturated rings. The number of hydrogen-bond donors (Lipinski definition) is 2. The molecule has 5 heteroatoms. The van der Waals surface area contributed by atoms with Gasteiger partial charge in [-0.15, -0.1) is 0 Å². The molecule has 2 N–H and O–H groups in total. The van der Waals surface area contributed by atoms with Crippen LogP contribution in [0.1, 0.15) is 50.2 Å². The first-order valence-electron chi connectivity index (χ1n) is 9.31. The van der Waals surface area contributed by atoms with E-state index in [9.17, 15) is 14.7 Å². The summed E-state index contributed by atoms with van der Waals surface area (Å²) < 4.78 is 5.28. The third-order valence-electron chi connectivity index (χ3n) is 4.89. The third kappa shape index (κ3) is 6.30. The molecule has 0 saturated carbocycles. The fourth-order valence-electron chi connectivity index (χ4n) is 3.16. The molecule has 26 heavy (non-hydrogen) atoms. The summed E-state index contributed by atoms with van der Waals surface area (Å²) in [5.74, 6) is -0.986. The Kier molecular flexibility index (Phi) is 7.85. The Bertz CT molecular complexity index is 615. The average Bonchev–Trinajstić information content (AvgIpc) is 2.63. The van der Waals surface area contributed by atoms with Gasteiger partial charge in [0.25, 0.3) is 0 Å². The summed E-state index contributed by atoms with van der Waals surface area (Å²) in [5, 5.41) is 12.2. The predicted octanol–water partition coefficient (Wildman–Crippen LogP) is 3.46. The second-order valence-corrected chi connectivity index (χ2v) is 7.13. The van der Waals surface area contributed by atoms with Crippen molar-refractivity contribution in [2.75, 3.05) is 19.8 Å². The number of amides is 1. The van der Waals surface area contributed by atoms with E-state index in [2.05, 4.69) is 31.3 Å². The first-order chi connectivity index (χ1) is 12.5. The van der Waals surface area contributed by atoms with Gasteiger partial charge in [0.1, 0.15) is 0 Å². The number of aliphatic carboxylic acids is 1. The van der Waals surface area contributed by atoms with Crippen molar-refractivity contribution in [1.29, 1.82) is 0 Å². The zero-order chi connectivity index (χ0) is 18.9. The molecule has 1 saturated heterocycles. The highest BCUT2D eigenvalue weighted by atomic mass is 16.5. The van der Waals surface area contributed by atoms with Crippen molar-refractivity contribution in [3.8, 4) is 0 Å². The molecule has 0 spiro atoms. The molecule has 1 aliphatic rings. The number of carbonyl (C=O) groups excluding carboxylic acids is 1. The molecule has 1 heterocycles. The maximum Gasteiger partial charge on any atom is 0.308 e. The number of hydrogen-bond acceptors (Lipinski definition) is 3. The lowest BCUT2D eigenvalue weighted by Crippen LogP contribution is -2.38. The number of benzene rings is 1. The maximum absolute atomic E-state index is 12.0. The van der Waals surface area contributed by atoms with E-state index >= 15 is 0 Å². The lowest BCUT2D eigenvalue weighted by atomic mass is 9.86. The Hall–Kier alpha value is -2.14. The standard InChI is InChI=1S/C21H29NO4/c1-15(2)17-8-6-16(7-9-17)4-3-5-20(23)22-14-19(21(24)25)18-10-12-26-13-11-18/h3-4,6-9,15,18-19H,5,10-14H2,1-2H3,(H,22,23)(H,24,25)/b4-3+. The van der Waals surface area contributed by atoms with E-state index < -0.39 is 11.9 Å². The van der Waals surface area contributed by atoms with E-state index in [-0.39, 0.29) is 24.8 Å². The first-order valence-corrected chi connectivity index (χ1v) is 9.31. The highest BCUT2D eigenvalue weighted by Gasteiger charge is 2.29. The van der Waals surface area contributed by atoms with Crippen LogP contribution in [0.3, 0.4) is 0 Å². The summed E-state index contributed by atoms with van der Waals surface area (Å²) in [5.41, 5.74) is 2.33. The minimum absolute atomic E-state index is 0.0663. The van der Waals surface area contributed by atoms with Gasteiger partial charge in [-0.1, -0.05) is 50.3 Å². The first kappa shape index (κ1) is 20.2. The minimum atomic E-state index is -0.849. The second kappa shape index (κ2) is 10.1. The topological polar surface area (TPSA) is 75.6 Å². The summed E-state index contributed by atoms with van der Waals surface area (Å²) in [6.45, 7) is 5.68. The number of rotatable bonds is 8. The molecule has 142 valence electrons. The predicted molar refractivity (Wildman–Crippen MR) is 102 cm³/mol. The number of nitrogens with one attached hydrogen (secondary N) is 1. The largest absolute Gasteiger partial charge is 0.481 e. The average molecular weight is 359 g/mol. The molecule has 2 rings (SSSR count). The van der Waals surface area contributed by atoms with Crippen LogP contribution in [0.25, 0.3) is 6.08 Å². The fourth-order valence-corrected chi connectivity index (χ4v) is 3.16. The van der Waals surface area contributed by atoms with Crippen molar-refractivity contribution in [2.45, 2.75) is 39.0 Å². The molecular weight excluding hydrogens is 330 g/mol. The smallest absolute Gasteiger partial charge is 0.308 e. The van der Waals surface area contributed by atoms with Crippen LogP contribution in [-0.4, -0.2) is 36.7 Å². The Morgan fingerprint density at radius 2 is 1.88 bits per heavy atom. The van der Waals surface area contributed by atoms with Gasteiger partial charge >= 0.3 is 5.97 Å². The Morgan fingerprint density at radius 1 is 1.23 bits per heavy atom. The third-order valence-corrected chi connectivity index (χ3v) is 4.89. The van der Waals surface area contributed by atoms with Crippen LogP contribution in [0.5, 0.6) is 0 Å². The Morgan fingerprint density at radius 3 is 2.46 bits per heavy atom. The molecule has 1 unspecified atom stereocenters. The van der Waals surface area contributed by atoms with Gasteiger partial charge in [-0.2, -0.15) is 0 Å². The highest BCUT2D eigenvalue weighted by Crippen LogP contribution is 2.23. The maximum atomic E-state index is 12.0. The van der Waals surface area contributed by atoms with Crippen LogP contribution in [0.4, 0.5) is 0 Å². The van der Waals surface area contributed by atoms with Crippen LogP contribution in [-0.2, 0) is 14.3 Å². The van der Waals surface area contributed by atoms with Gasteiger partial charge in [0.15, 0.2) is 0 Å². The van der Waals surface area contributed by atoms with Crippen LogP contribution >= 0.6 is 0 Å². The molecule has 0 aliphatic carbocycles. The van der Waals surface area contributed by atoms with Gasteiger partial charge in [-0.25, -0.2) is 0 Å². The van der Waals surface area contributed by atoms with Crippen molar-refractivity contribution >= 4 is 18.0 Å². The highest BCUT2D eigenvalue weighted by molar-refractivity contribution is 5.79. The summed E-state index contributed by atoms with van der Waals surface area (Å²) in [6, 6.07) is 8.26. The normalized spacial score (nSPS) is 16.7. The number of carboxylic acid groups (broad SMARTS) is 1. The van der Waals surface area contributed by atoms with Gasteiger partial charge in [0.2, 0.25) is 5.91 Å². The molecule has 1 aromatic carbocycles. The molecule has 1 aliphatic heterocycles. The number of carboxylic acids is 1. The van der Waals surface area contributed by atoms with Gasteiger partial charge in [-0.05, 0) is 35.8 Å². The summed E-state index contributed by atoms with van der Waals surface area (Å²) in [6.07, 6.45) is 5.44. The molecular formula is C21H29NO4. The zero-order valence-corrected chi connectivity index (χ0v) is 15.6. The van der Waals surface area contributed by atoms with Gasteiger partial charge in [-0.3, -0.25) is 9.59 Å².